The van der Waals surface area contributed by atoms with Crippen molar-refractivity contribution in [2.45, 2.75) is 4.90 Å². The SMILES string of the molecule is CNN(C)c1cccc(SC)c1. The van der Waals surface area contributed by atoms with Gasteiger partial charge in [0.1, 0.15) is 0 Å². The molecule has 0 aromatic heterocycles. The molecule has 0 aliphatic rings. The second-order valence-electron chi connectivity index (χ2n) is 2.48. The lowest BCUT2D eigenvalue weighted by Gasteiger charge is -2.17. The van der Waals surface area contributed by atoms with E-state index >= 15 is 0 Å². The van der Waals surface area contributed by atoms with E-state index in [1.165, 1.54) is 10.6 Å². The van der Waals surface area contributed by atoms with Crippen LogP contribution in [-0.2, 0) is 0 Å². The molecule has 0 aliphatic carbocycles. The Hall–Kier alpha value is -0.670. The fourth-order valence-electron chi connectivity index (χ4n) is 0.948. The molecule has 3 heteroatoms. The van der Waals surface area contributed by atoms with Crippen molar-refractivity contribution in [3.05, 3.63) is 24.3 Å². The number of nitrogens with zero attached hydrogens (tertiary/aromatic N) is 1. The van der Waals surface area contributed by atoms with Gasteiger partial charge < -0.3 is 5.01 Å². The molecule has 1 aromatic carbocycles. The summed E-state index contributed by atoms with van der Waals surface area (Å²) in [6, 6.07) is 8.41. The summed E-state index contributed by atoms with van der Waals surface area (Å²) in [5.41, 5.74) is 4.24. The summed E-state index contributed by atoms with van der Waals surface area (Å²) >= 11 is 1.76. The largest absolute Gasteiger partial charge is 0.312 e. The average molecular weight is 182 g/mol. The van der Waals surface area contributed by atoms with Crippen molar-refractivity contribution in [1.82, 2.24) is 5.43 Å². The van der Waals surface area contributed by atoms with Crippen LogP contribution < -0.4 is 10.4 Å². The van der Waals surface area contributed by atoms with Gasteiger partial charge in [-0.15, -0.1) is 11.8 Å². The van der Waals surface area contributed by atoms with Crippen molar-refractivity contribution in [1.29, 1.82) is 0 Å². The van der Waals surface area contributed by atoms with Gasteiger partial charge in [-0.1, -0.05) is 6.07 Å². The first-order valence-corrected chi connectivity index (χ1v) is 5.05. The molecule has 2 nitrogen and oxygen atoms in total. The van der Waals surface area contributed by atoms with Crippen molar-refractivity contribution in [3.63, 3.8) is 0 Å². The van der Waals surface area contributed by atoms with E-state index < -0.39 is 0 Å². The van der Waals surface area contributed by atoms with Gasteiger partial charge in [0.15, 0.2) is 0 Å². The molecule has 0 heterocycles. The normalized spacial score (nSPS) is 9.92. The van der Waals surface area contributed by atoms with Gasteiger partial charge >= 0.3 is 0 Å². The van der Waals surface area contributed by atoms with Gasteiger partial charge in [-0.05, 0) is 24.5 Å². The third kappa shape index (κ3) is 2.16. The third-order valence-electron chi connectivity index (χ3n) is 1.78. The molecule has 66 valence electrons. The Kier molecular flexibility index (Phi) is 3.44. The number of benzene rings is 1. The molecule has 0 saturated carbocycles. The Labute approximate surface area is 77.9 Å². The number of anilines is 1. The Morgan fingerprint density at radius 2 is 2.17 bits per heavy atom. The summed E-state index contributed by atoms with van der Waals surface area (Å²) in [4.78, 5) is 1.29. The molecule has 12 heavy (non-hydrogen) atoms. The number of hydrazine groups is 1. The lowest BCUT2D eigenvalue weighted by Crippen LogP contribution is -2.30. The molecule has 0 unspecified atom stereocenters. The lowest BCUT2D eigenvalue weighted by molar-refractivity contribution is 0.790. The minimum atomic E-state index is 1.18. The van der Waals surface area contributed by atoms with E-state index in [4.69, 9.17) is 0 Å². The highest BCUT2D eigenvalue weighted by Gasteiger charge is 1.97. The number of hydrogen-bond donors (Lipinski definition) is 1. The summed E-state index contributed by atoms with van der Waals surface area (Å²) in [5.74, 6) is 0. The van der Waals surface area contributed by atoms with Crippen molar-refractivity contribution >= 4 is 17.4 Å². The molecule has 0 saturated heterocycles. The van der Waals surface area contributed by atoms with E-state index in [9.17, 15) is 0 Å². The first-order chi connectivity index (χ1) is 5.77. The smallest absolute Gasteiger partial charge is 0.0527 e. The number of nitrogens with one attached hydrogen (secondary N) is 1. The molecule has 0 spiro atoms. The fraction of sp³-hybridized carbons (Fsp3) is 0.333. The molecule has 1 N–H and O–H groups in total. The number of thioether (sulfide) groups is 1. The fourth-order valence-corrected chi connectivity index (χ4v) is 1.40. The highest BCUT2D eigenvalue weighted by molar-refractivity contribution is 7.98. The minimum Gasteiger partial charge on any atom is -0.312 e. The summed E-state index contributed by atoms with van der Waals surface area (Å²) in [5, 5.41) is 1.99. The zero-order valence-electron chi connectivity index (χ0n) is 7.66. The van der Waals surface area contributed by atoms with Crippen LogP contribution in [0.25, 0.3) is 0 Å². The number of rotatable bonds is 3. The van der Waals surface area contributed by atoms with Crippen LogP contribution in [0.4, 0.5) is 5.69 Å². The molecule has 0 aliphatic heterocycles. The standard InChI is InChI=1S/C9H14N2S/c1-10-11(2)8-5-4-6-9(7-8)12-3/h4-7,10H,1-3H3. The monoisotopic (exact) mass is 182 g/mol. The van der Waals surface area contributed by atoms with Crippen LogP contribution in [0.5, 0.6) is 0 Å². The highest BCUT2D eigenvalue weighted by atomic mass is 32.2. The predicted octanol–water partition coefficient (Wildman–Crippen LogP) is 1.98. The van der Waals surface area contributed by atoms with Crippen LogP contribution in [0.2, 0.25) is 0 Å². The van der Waals surface area contributed by atoms with E-state index in [0.29, 0.717) is 0 Å². The van der Waals surface area contributed by atoms with Crippen molar-refractivity contribution in [2.24, 2.45) is 0 Å². The average Bonchev–Trinajstić information content (AvgIpc) is 2.17. The Morgan fingerprint density at radius 1 is 1.42 bits per heavy atom. The van der Waals surface area contributed by atoms with E-state index in [0.717, 1.165) is 0 Å². The van der Waals surface area contributed by atoms with Crippen molar-refractivity contribution in [3.8, 4) is 0 Å². The Balaban J connectivity index is 2.86. The highest BCUT2D eigenvalue weighted by Crippen LogP contribution is 2.20. The Bertz CT molecular complexity index is 250. The summed E-state index contributed by atoms with van der Waals surface area (Å²) in [6.07, 6.45) is 2.08. The topological polar surface area (TPSA) is 15.3 Å². The van der Waals surface area contributed by atoms with Crippen molar-refractivity contribution < 1.29 is 0 Å². The number of hydrogen-bond acceptors (Lipinski definition) is 3. The maximum Gasteiger partial charge on any atom is 0.0527 e. The van der Waals surface area contributed by atoms with E-state index in [-0.39, 0.29) is 0 Å². The van der Waals surface area contributed by atoms with Crippen LogP contribution in [0.1, 0.15) is 0 Å². The molecule has 0 bridgehead atoms. The summed E-state index contributed by atoms with van der Waals surface area (Å²) in [7, 11) is 3.91. The van der Waals surface area contributed by atoms with E-state index in [1.54, 1.807) is 11.8 Å². The first kappa shape index (κ1) is 9.42. The van der Waals surface area contributed by atoms with Crippen LogP contribution in [0, 0.1) is 0 Å². The van der Waals surface area contributed by atoms with E-state index in [1.807, 2.05) is 19.1 Å². The van der Waals surface area contributed by atoms with Crippen LogP contribution in [0.15, 0.2) is 29.2 Å². The molecule has 1 aromatic rings. The van der Waals surface area contributed by atoms with Gasteiger partial charge in [-0.25, -0.2) is 5.43 Å². The first-order valence-electron chi connectivity index (χ1n) is 3.83. The molecule has 0 radical (unpaired) electrons. The van der Waals surface area contributed by atoms with Crippen LogP contribution >= 0.6 is 11.8 Å². The van der Waals surface area contributed by atoms with E-state index in [2.05, 4.69) is 35.9 Å². The third-order valence-corrected chi connectivity index (χ3v) is 2.50. The second kappa shape index (κ2) is 4.38. The quantitative estimate of drug-likeness (QED) is 0.568. The second-order valence-corrected chi connectivity index (χ2v) is 3.36. The van der Waals surface area contributed by atoms with Gasteiger partial charge in [0, 0.05) is 19.0 Å². The molecule has 1 rings (SSSR count). The van der Waals surface area contributed by atoms with Crippen LogP contribution in [-0.4, -0.2) is 20.4 Å². The zero-order valence-corrected chi connectivity index (χ0v) is 8.48. The summed E-state index contributed by atoms with van der Waals surface area (Å²) < 4.78 is 0. The molecular weight excluding hydrogens is 168 g/mol. The van der Waals surface area contributed by atoms with Crippen LogP contribution in [0.3, 0.4) is 0 Å². The molecule has 0 fully saturated rings. The zero-order chi connectivity index (χ0) is 8.97. The Morgan fingerprint density at radius 3 is 2.75 bits per heavy atom. The van der Waals surface area contributed by atoms with Crippen molar-refractivity contribution in [2.75, 3.05) is 25.4 Å². The van der Waals surface area contributed by atoms with Gasteiger partial charge in [0.2, 0.25) is 0 Å². The lowest BCUT2D eigenvalue weighted by atomic mass is 10.3. The predicted molar refractivity (Wildman–Crippen MR) is 55.7 cm³/mol. The van der Waals surface area contributed by atoms with Gasteiger partial charge in [-0.3, -0.25) is 0 Å². The van der Waals surface area contributed by atoms with Gasteiger partial charge in [0.25, 0.3) is 0 Å². The molecule has 0 amide bonds. The minimum absolute atomic E-state index is 1.18. The molecular formula is C9H14N2S. The maximum atomic E-state index is 3.06. The molecule has 0 atom stereocenters. The van der Waals surface area contributed by atoms with Gasteiger partial charge in [-0.2, -0.15) is 0 Å². The summed E-state index contributed by atoms with van der Waals surface area (Å²) in [6.45, 7) is 0. The van der Waals surface area contributed by atoms with Gasteiger partial charge in [0.05, 0.1) is 5.69 Å². The maximum absolute atomic E-state index is 3.06.